The van der Waals surface area contributed by atoms with E-state index < -0.39 is 17.6 Å². The molecule has 2 N–H and O–H groups in total. The Hall–Kier alpha value is -2.05. The predicted octanol–water partition coefficient (Wildman–Crippen LogP) is 3.02. The quantitative estimate of drug-likeness (QED) is 0.646. The van der Waals surface area contributed by atoms with E-state index in [1.54, 1.807) is 6.92 Å². The first-order valence-electron chi connectivity index (χ1n) is 6.06. The van der Waals surface area contributed by atoms with Gasteiger partial charge >= 0.3 is 6.18 Å². The third kappa shape index (κ3) is 5.29. The summed E-state index contributed by atoms with van der Waals surface area (Å²) in [5.74, 6) is -0.421. The van der Waals surface area contributed by atoms with Crippen LogP contribution in [0.5, 0.6) is 0 Å². The number of nitrogens with zero attached hydrogens (tertiary/aromatic N) is 1. The van der Waals surface area contributed by atoms with Crippen molar-refractivity contribution in [1.29, 1.82) is 0 Å². The van der Waals surface area contributed by atoms with Crippen molar-refractivity contribution in [2.24, 2.45) is 5.10 Å². The summed E-state index contributed by atoms with van der Waals surface area (Å²) in [7, 11) is 0. The van der Waals surface area contributed by atoms with Gasteiger partial charge in [-0.1, -0.05) is 13.0 Å². The molecule has 0 radical (unpaired) electrons. The maximum absolute atomic E-state index is 12.5. The lowest BCUT2D eigenvalue weighted by atomic mass is 10.2. The molecule has 110 valence electrons. The maximum Gasteiger partial charge on any atom is 0.416 e. The molecule has 0 saturated carbocycles. The van der Waals surface area contributed by atoms with Gasteiger partial charge in [-0.25, -0.2) is 5.43 Å². The number of benzene rings is 1. The molecule has 4 nitrogen and oxygen atoms in total. The largest absolute Gasteiger partial charge is 0.416 e. The van der Waals surface area contributed by atoms with Gasteiger partial charge in [0.05, 0.1) is 12.1 Å². The normalized spacial score (nSPS) is 12.2. The number of alkyl halides is 3. The Balaban J connectivity index is 2.56. The summed E-state index contributed by atoms with van der Waals surface area (Å²) in [4.78, 5) is 11.4. The number of halogens is 3. The number of nitrogens with one attached hydrogen (secondary N) is 2. The van der Waals surface area contributed by atoms with Crippen molar-refractivity contribution < 1.29 is 18.0 Å². The number of anilines is 1. The second kappa shape index (κ2) is 6.93. The highest BCUT2D eigenvalue weighted by Crippen LogP contribution is 2.30. The first kappa shape index (κ1) is 16.0. The minimum atomic E-state index is -4.40. The average molecular weight is 287 g/mol. The van der Waals surface area contributed by atoms with Crippen LogP contribution in [0.25, 0.3) is 0 Å². The van der Waals surface area contributed by atoms with Crippen LogP contribution < -0.4 is 10.7 Å². The van der Waals surface area contributed by atoms with E-state index in [1.165, 1.54) is 12.1 Å². The van der Waals surface area contributed by atoms with E-state index in [0.29, 0.717) is 6.42 Å². The van der Waals surface area contributed by atoms with E-state index in [0.717, 1.165) is 17.8 Å². The molecule has 0 heterocycles. The number of rotatable bonds is 5. The topological polar surface area (TPSA) is 53.5 Å². The third-order valence-electron chi connectivity index (χ3n) is 2.53. The van der Waals surface area contributed by atoms with Gasteiger partial charge < -0.3 is 5.32 Å². The number of hydrazone groups is 1. The fourth-order valence-corrected chi connectivity index (χ4v) is 1.26. The van der Waals surface area contributed by atoms with Gasteiger partial charge in [0.2, 0.25) is 0 Å². The molecule has 7 heteroatoms. The van der Waals surface area contributed by atoms with Crippen LogP contribution in [-0.2, 0) is 11.0 Å². The molecular formula is C13H16F3N3O. The molecule has 0 aliphatic carbocycles. The lowest BCUT2D eigenvalue weighted by molar-refractivity contribution is -0.137. The Morgan fingerprint density at radius 2 is 2.05 bits per heavy atom. The number of hydrogen-bond donors (Lipinski definition) is 2. The zero-order chi connectivity index (χ0) is 15.2. The second-order valence-corrected chi connectivity index (χ2v) is 4.17. The van der Waals surface area contributed by atoms with Crippen LogP contribution >= 0.6 is 0 Å². The monoisotopic (exact) mass is 287 g/mol. The van der Waals surface area contributed by atoms with Crippen LogP contribution in [-0.4, -0.2) is 18.2 Å². The van der Waals surface area contributed by atoms with Gasteiger partial charge in [0.15, 0.2) is 0 Å². The fraction of sp³-hybridized carbons (Fsp3) is 0.385. The summed E-state index contributed by atoms with van der Waals surface area (Å²) in [5.41, 5.74) is 2.54. The minimum Gasteiger partial charge on any atom is -0.376 e. The zero-order valence-electron chi connectivity index (χ0n) is 11.2. The molecule has 0 aromatic heterocycles. The number of carbonyl (C=O) groups is 1. The Morgan fingerprint density at radius 3 is 2.65 bits per heavy atom. The molecule has 0 aliphatic heterocycles. The van der Waals surface area contributed by atoms with Crippen molar-refractivity contribution in [3.8, 4) is 0 Å². The molecule has 1 aromatic rings. The van der Waals surface area contributed by atoms with Crippen molar-refractivity contribution in [1.82, 2.24) is 5.43 Å². The summed E-state index contributed by atoms with van der Waals surface area (Å²) < 4.78 is 37.5. The van der Waals surface area contributed by atoms with E-state index in [-0.39, 0.29) is 12.2 Å². The number of carbonyl (C=O) groups excluding carboxylic acids is 1. The summed E-state index contributed by atoms with van der Waals surface area (Å²) in [6.45, 7) is 3.51. The zero-order valence-corrected chi connectivity index (χ0v) is 11.2. The van der Waals surface area contributed by atoms with Crippen molar-refractivity contribution in [2.45, 2.75) is 26.4 Å². The summed E-state index contributed by atoms with van der Waals surface area (Å²) in [6, 6.07) is 4.67. The highest BCUT2D eigenvalue weighted by molar-refractivity contribution is 5.85. The number of amides is 1. The van der Waals surface area contributed by atoms with Crippen LogP contribution in [0.2, 0.25) is 0 Å². The highest BCUT2D eigenvalue weighted by Gasteiger charge is 2.30. The van der Waals surface area contributed by atoms with E-state index in [1.807, 2.05) is 6.92 Å². The van der Waals surface area contributed by atoms with Gasteiger partial charge in [-0.3, -0.25) is 4.79 Å². The van der Waals surface area contributed by atoms with E-state index >= 15 is 0 Å². The van der Waals surface area contributed by atoms with Gasteiger partial charge in [-0.15, -0.1) is 0 Å². The molecule has 0 spiro atoms. The standard InChI is InChI=1S/C13H16F3N3O/c1-3-9(2)18-19-12(20)8-17-11-6-4-5-10(7-11)13(14,15)16/h4-7,17H,3,8H2,1-2H3,(H,19,20)/b18-9-. The maximum atomic E-state index is 12.5. The molecule has 0 atom stereocenters. The first-order chi connectivity index (χ1) is 9.32. The molecule has 0 fully saturated rings. The van der Waals surface area contributed by atoms with E-state index in [9.17, 15) is 18.0 Å². The number of hydrogen-bond acceptors (Lipinski definition) is 3. The summed E-state index contributed by atoms with van der Waals surface area (Å²) >= 11 is 0. The van der Waals surface area contributed by atoms with Gasteiger partial charge in [0.1, 0.15) is 0 Å². The van der Waals surface area contributed by atoms with Gasteiger partial charge in [0, 0.05) is 11.4 Å². The molecule has 1 rings (SSSR count). The highest BCUT2D eigenvalue weighted by atomic mass is 19.4. The molecule has 0 bridgehead atoms. The smallest absolute Gasteiger partial charge is 0.376 e. The predicted molar refractivity (Wildman–Crippen MR) is 71.5 cm³/mol. The Labute approximate surface area is 115 Å². The Bertz CT molecular complexity index is 498. The van der Waals surface area contributed by atoms with Gasteiger partial charge in [-0.05, 0) is 31.5 Å². The van der Waals surface area contributed by atoms with Crippen LogP contribution in [0, 0.1) is 0 Å². The summed E-state index contributed by atoms with van der Waals surface area (Å²) in [6.07, 6.45) is -3.69. The van der Waals surface area contributed by atoms with Crippen molar-refractivity contribution in [3.63, 3.8) is 0 Å². The van der Waals surface area contributed by atoms with Gasteiger partial charge in [-0.2, -0.15) is 18.3 Å². The lowest BCUT2D eigenvalue weighted by Gasteiger charge is -2.10. The fourth-order valence-electron chi connectivity index (χ4n) is 1.26. The van der Waals surface area contributed by atoms with E-state index in [2.05, 4.69) is 15.8 Å². The van der Waals surface area contributed by atoms with Crippen molar-refractivity contribution in [2.75, 3.05) is 11.9 Å². The molecule has 20 heavy (non-hydrogen) atoms. The Kier molecular flexibility index (Phi) is 5.54. The van der Waals surface area contributed by atoms with Crippen LogP contribution in [0.4, 0.5) is 18.9 Å². The van der Waals surface area contributed by atoms with Crippen molar-refractivity contribution in [3.05, 3.63) is 29.8 Å². The molecule has 1 amide bonds. The first-order valence-corrected chi connectivity index (χ1v) is 6.06. The second-order valence-electron chi connectivity index (χ2n) is 4.17. The van der Waals surface area contributed by atoms with Crippen molar-refractivity contribution >= 4 is 17.3 Å². The van der Waals surface area contributed by atoms with Crippen LogP contribution in [0.1, 0.15) is 25.8 Å². The molecule has 0 unspecified atom stereocenters. The molecule has 1 aromatic carbocycles. The lowest BCUT2D eigenvalue weighted by Crippen LogP contribution is -2.26. The Morgan fingerprint density at radius 1 is 1.35 bits per heavy atom. The van der Waals surface area contributed by atoms with E-state index in [4.69, 9.17) is 0 Å². The molecular weight excluding hydrogens is 271 g/mol. The van der Waals surface area contributed by atoms with Crippen LogP contribution in [0.3, 0.4) is 0 Å². The third-order valence-corrected chi connectivity index (χ3v) is 2.53. The van der Waals surface area contributed by atoms with Gasteiger partial charge in [0.25, 0.3) is 5.91 Å². The molecule has 0 aliphatic rings. The summed E-state index contributed by atoms with van der Waals surface area (Å²) in [5, 5.41) is 6.43. The minimum absolute atomic E-state index is 0.151. The SMILES string of the molecule is CC/C(C)=N\NC(=O)CNc1cccc(C(F)(F)F)c1. The average Bonchev–Trinajstić information content (AvgIpc) is 2.41. The van der Waals surface area contributed by atoms with Crippen LogP contribution in [0.15, 0.2) is 29.4 Å². The molecule has 0 saturated heterocycles.